The second-order valence-corrected chi connectivity index (χ2v) is 6.03. The first-order valence-electron chi connectivity index (χ1n) is 7.97. The molecule has 0 N–H and O–H groups in total. The third-order valence-corrected chi connectivity index (χ3v) is 4.02. The second-order valence-electron chi connectivity index (χ2n) is 6.03. The van der Waals surface area contributed by atoms with Gasteiger partial charge in [-0.05, 0) is 37.1 Å². The van der Waals surface area contributed by atoms with Crippen LogP contribution < -0.4 is 4.90 Å². The van der Waals surface area contributed by atoms with Crippen LogP contribution in [0.3, 0.4) is 0 Å². The predicted octanol–water partition coefficient (Wildman–Crippen LogP) is 4.91. The van der Waals surface area contributed by atoms with E-state index in [-0.39, 0.29) is 0 Å². The van der Waals surface area contributed by atoms with E-state index in [1.54, 1.807) is 0 Å². The molecule has 0 atom stereocenters. The molecule has 0 amide bonds. The summed E-state index contributed by atoms with van der Waals surface area (Å²) in [4.78, 5) is 6.52. The van der Waals surface area contributed by atoms with E-state index in [0.717, 1.165) is 13.1 Å². The van der Waals surface area contributed by atoms with Gasteiger partial charge in [0, 0.05) is 31.2 Å². The van der Waals surface area contributed by atoms with Gasteiger partial charge in [-0.25, -0.2) is 0 Å². The number of aromatic nitrogens is 1. The molecule has 0 saturated heterocycles. The highest BCUT2D eigenvalue weighted by Gasteiger charge is 2.08. The Kier molecular flexibility index (Phi) is 4.72. The Morgan fingerprint density at radius 3 is 1.52 bits per heavy atom. The molecule has 23 heavy (non-hydrogen) atoms. The third kappa shape index (κ3) is 4.19. The number of anilines is 1. The van der Waals surface area contributed by atoms with Gasteiger partial charge in [-0.3, -0.25) is 4.98 Å². The van der Waals surface area contributed by atoms with Crippen LogP contribution in [0.25, 0.3) is 0 Å². The largest absolute Gasteiger partial charge is 0.363 e. The zero-order valence-electron chi connectivity index (χ0n) is 13.7. The molecule has 3 rings (SSSR count). The maximum atomic E-state index is 4.14. The molecule has 0 unspecified atom stereocenters. The Morgan fingerprint density at radius 1 is 0.652 bits per heavy atom. The van der Waals surface area contributed by atoms with Crippen LogP contribution in [0.4, 0.5) is 5.69 Å². The topological polar surface area (TPSA) is 16.1 Å². The quantitative estimate of drug-likeness (QED) is 0.666. The molecule has 2 heteroatoms. The first-order valence-corrected chi connectivity index (χ1v) is 7.97. The van der Waals surface area contributed by atoms with Crippen LogP contribution >= 0.6 is 0 Å². The molecular formula is C21H22N2. The summed E-state index contributed by atoms with van der Waals surface area (Å²) in [6.07, 6.45) is 3.71. The van der Waals surface area contributed by atoms with Crippen molar-refractivity contribution in [1.29, 1.82) is 0 Å². The number of pyridine rings is 1. The molecule has 0 bridgehead atoms. The number of nitrogens with zero attached hydrogens (tertiary/aromatic N) is 2. The van der Waals surface area contributed by atoms with Crippen LogP contribution in [-0.4, -0.2) is 4.98 Å². The van der Waals surface area contributed by atoms with Gasteiger partial charge in [-0.2, -0.15) is 0 Å². The van der Waals surface area contributed by atoms with Crippen molar-refractivity contribution in [1.82, 2.24) is 4.98 Å². The molecule has 0 aliphatic carbocycles. The van der Waals surface area contributed by atoms with E-state index in [4.69, 9.17) is 0 Å². The van der Waals surface area contributed by atoms with Crippen LogP contribution in [0.15, 0.2) is 73.1 Å². The number of hydrogen-bond acceptors (Lipinski definition) is 2. The minimum absolute atomic E-state index is 0.887. The van der Waals surface area contributed by atoms with Gasteiger partial charge in [-0.1, -0.05) is 59.7 Å². The van der Waals surface area contributed by atoms with Gasteiger partial charge < -0.3 is 4.90 Å². The van der Waals surface area contributed by atoms with E-state index in [2.05, 4.69) is 84.4 Å². The highest BCUT2D eigenvalue weighted by Crippen LogP contribution is 2.20. The summed E-state index contributed by atoms with van der Waals surface area (Å²) in [5.74, 6) is 0. The number of benzene rings is 2. The Labute approximate surface area is 138 Å². The van der Waals surface area contributed by atoms with Crippen LogP contribution in [0.1, 0.15) is 22.3 Å². The van der Waals surface area contributed by atoms with E-state index in [0.29, 0.717) is 0 Å². The van der Waals surface area contributed by atoms with Crippen molar-refractivity contribution in [3.8, 4) is 0 Å². The van der Waals surface area contributed by atoms with Gasteiger partial charge in [0.2, 0.25) is 0 Å². The smallest absolute Gasteiger partial charge is 0.0433 e. The van der Waals surface area contributed by atoms with Crippen molar-refractivity contribution in [3.63, 3.8) is 0 Å². The van der Waals surface area contributed by atoms with E-state index >= 15 is 0 Å². The fraction of sp³-hybridized carbons (Fsp3) is 0.190. The molecular weight excluding hydrogens is 280 g/mol. The summed E-state index contributed by atoms with van der Waals surface area (Å²) in [5, 5.41) is 0. The molecule has 2 nitrogen and oxygen atoms in total. The summed E-state index contributed by atoms with van der Waals surface area (Å²) in [6.45, 7) is 6.02. The number of rotatable bonds is 5. The predicted molar refractivity (Wildman–Crippen MR) is 96.5 cm³/mol. The van der Waals surface area contributed by atoms with Gasteiger partial charge in [0.25, 0.3) is 0 Å². The molecule has 1 aromatic heterocycles. The Bertz CT molecular complexity index is 684. The molecule has 0 radical (unpaired) electrons. The first kappa shape index (κ1) is 15.3. The average molecular weight is 302 g/mol. The van der Waals surface area contributed by atoms with Crippen LogP contribution in [-0.2, 0) is 13.1 Å². The number of hydrogen-bond donors (Lipinski definition) is 0. The monoisotopic (exact) mass is 302 g/mol. The lowest BCUT2D eigenvalue weighted by atomic mass is 10.1. The molecule has 3 aromatic rings. The van der Waals surface area contributed by atoms with E-state index < -0.39 is 0 Å². The Hall–Kier alpha value is -2.61. The van der Waals surface area contributed by atoms with Crippen LogP contribution in [0.2, 0.25) is 0 Å². The number of aryl methyl sites for hydroxylation is 2. The van der Waals surface area contributed by atoms with E-state index in [1.807, 2.05) is 12.4 Å². The SMILES string of the molecule is Cc1ccc(CN(Cc2ccc(C)cc2)c2ccncc2)cc1. The lowest BCUT2D eigenvalue weighted by Crippen LogP contribution is -2.22. The maximum absolute atomic E-state index is 4.14. The minimum atomic E-state index is 0.887. The fourth-order valence-electron chi connectivity index (χ4n) is 2.62. The Morgan fingerprint density at radius 2 is 1.09 bits per heavy atom. The summed E-state index contributed by atoms with van der Waals surface area (Å²) in [6, 6.07) is 21.7. The van der Waals surface area contributed by atoms with E-state index in [1.165, 1.54) is 27.9 Å². The standard InChI is InChI=1S/C21H22N2/c1-17-3-7-19(8-4-17)15-23(21-11-13-22-14-12-21)16-20-9-5-18(2)6-10-20/h3-14H,15-16H2,1-2H3. The highest BCUT2D eigenvalue weighted by molar-refractivity contribution is 5.46. The summed E-state index contributed by atoms with van der Waals surface area (Å²) in [7, 11) is 0. The fourth-order valence-corrected chi connectivity index (χ4v) is 2.62. The van der Waals surface area contributed by atoms with Crippen molar-refractivity contribution in [2.45, 2.75) is 26.9 Å². The lowest BCUT2D eigenvalue weighted by molar-refractivity contribution is 0.798. The van der Waals surface area contributed by atoms with Crippen molar-refractivity contribution >= 4 is 5.69 Å². The van der Waals surface area contributed by atoms with Gasteiger partial charge in [0.1, 0.15) is 0 Å². The third-order valence-electron chi connectivity index (χ3n) is 4.02. The molecule has 1 heterocycles. The summed E-state index contributed by atoms with van der Waals surface area (Å²) in [5.41, 5.74) is 6.42. The molecule has 0 aliphatic rings. The molecule has 0 spiro atoms. The highest BCUT2D eigenvalue weighted by atomic mass is 15.1. The van der Waals surface area contributed by atoms with Gasteiger partial charge in [-0.15, -0.1) is 0 Å². The Balaban J connectivity index is 1.84. The zero-order chi connectivity index (χ0) is 16.1. The minimum Gasteiger partial charge on any atom is -0.363 e. The molecule has 0 saturated carbocycles. The summed E-state index contributed by atoms with van der Waals surface area (Å²) < 4.78 is 0. The van der Waals surface area contributed by atoms with Crippen molar-refractivity contribution < 1.29 is 0 Å². The van der Waals surface area contributed by atoms with Crippen molar-refractivity contribution in [3.05, 3.63) is 95.3 Å². The lowest BCUT2D eigenvalue weighted by Gasteiger charge is -2.25. The zero-order valence-corrected chi connectivity index (χ0v) is 13.7. The molecule has 116 valence electrons. The maximum Gasteiger partial charge on any atom is 0.0433 e. The molecule has 0 fully saturated rings. The van der Waals surface area contributed by atoms with Crippen molar-refractivity contribution in [2.24, 2.45) is 0 Å². The van der Waals surface area contributed by atoms with E-state index in [9.17, 15) is 0 Å². The average Bonchev–Trinajstić information content (AvgIpc) is 2.59. The summed E-state index contributed by atoms with van der Waals surface area (Å²) >= 11 is 0. The van der Waals surface area contributed by atoms with Gasteiger partial charge in [0.05, 0.1) is 0 Å². The normalized spacial score (nSPS) is 10.5. The van der Waals surface area contributed by atoms with Crippen molar-refractivity contribution in [2.75, 3.05) is 4.90 Å². The molecule has 0 aliphatic heterocycles. The van der Waals surface area contributed by atoms with Gasteiger partial charge in [0.15, 0.2) is 0 Å². The molecule has 2 aromatic carbocycles. The van der Waals surface area contributed by atoms with Crippen LogP contribution in [0.5, 0.6) is 0 Å². The van der Waals surface area contributed by atoms with Gasteiger partial charge >= 0.3 is 0 Å². The first-order chi connectivity index (χ1) is 11.2. The van der Waals surface area contributed by atoms with Crippen LogP contribution in [0, 0.1) is 13.8 Å². The second kappa shape index (κ2) is 7.10.